The summed E-state index contributed by atoms with van der Waals surface area (Å²) in [7, 11) is -1.50. The van der Waals surface area contributed by atoms with Crippen LogP contribution in [-0.2, 0) is 10.2 Å². The molecule has 0 aliphatic carbocycles. The van der Waals surface area contributed by atoms with Gasteiger partial charge in [0.25, 0.3) is 10.2 Å². The molecule has 0 aromatic rings. The molecular weight excluding hydrogens is 250 g/mol. The fraction of sp³-hybridized carbons (Fsp3) is 1.00. The van der Waals surface area contributed by atoms with Gasteiger partial charge in [0.1, 0.15) is 0 Å². The molecule has 2 heterocycles. The minimum Gasteiger partial charge on any atom is -0.317 e. The highest BCUT2D eigenvalue weighted by Gasteiger charge is 2.32. The molecule has 0 amide bonds. The molecule has 106 valence electrons. The van der Waals surface area contributed by atoms with Crippen molar-refractivity contribution in [3.8, 4) is 0 Å². The van der Waals surface area contributed by atoms with Gasteiger partial charge in [-0.3, -0.25) is 0 Å². The lowest BCUT2D eigenvalue weighted by atomic mass is 10.1. The molecule has 0 aromatic carbocycles. The van der Waals surface area contributed by atoms with Gasteiger partial charge in [0.2, 0.25) is 0 Å². The topological polar surface area (TPSA) is 52.7 Å². The van der Waals surface area contributed by atoms with Gasteiger partial charge in [-0.25, -0.2) is 0 Å². The molecular formula is C12H25N3O2S. The van der Waals surface area contributed by atoms with Crippen molar-refractivity contribution in [2.45, 2.75) is 44.6 Å². The Balaban J connectivity index is 2.03. The number of piperidine rings is 1. The normalized spacial score (nSPS) is 25.2. The van der Waals surface area contributed by atoms with Crippen molar-refractivity contribution < 1.29 is 8.42 Å². The maximum Gasteiger partial charge on any atom is 0.281 e. The van der Waals surface area contributed by atoms with E-state index < -0.39 is 10.2 Å². The van der Waals surface area contributed by atoms with Crippen LogP contribution >= 0.6 is 0 Å². The number of nitrogens with one attached hydrogen (secondary N) is 1. The summed E-state index contributed by atoms with van der Waals surface area (Å²) in [5.41, 5.74) is 0. The Kier molecular flexibility index (Phi) is 5.00. The minimum atomic E-state index is -3.25. The van der Waals surface area contributed by atoms with Crippen molar-refractivity contribution in [2.75, 3.05) is 33.2 Å². The Morgan fingerprint density at radius 3 is 2.17 bits per heavy atom. The maximum absolute atomic E-state index is 12.6. The van der Waals surface area contributed by atoms with Crippen molar-refractivity contribution in [3.63, 3.8) is 0 Å². The molecule has 0 aromatic heterocycles. The molecule has 2 rings (SSSR count). The molecule has 0 radical (unpaired) electrons. The standard InChI is InChI=1S/C12H25N3O2S/c1-14(12-6-8-13-9-7-12)18(16,17)15-10-4-2-3-5-11-15/h12-13H,2-11H2,1H3. The Labute approximate surface area is 111 Å². The first-order chi connectivity index (χ1) is 8.62. The van der Waals surface area contributed by atoms with Gasteiger partial charge >= 0.3 is 0 Å². The van der Waals surface area contributed by atoms with Crippen LogP contribution in [0.2, 0.25) is 0 Å². The predicted octanol–water partition coefficient (Wildman–Crippen LogP) is 0.791. The second-order valence-corrected chi connectivity index (χ2v) is 7.31. The van der Waals surface area contributed by atoms with E-state index in [9.17, 15) is 8.42 Å². The van der Waals surface area contributed by atoms with E-state index in [1.807, 2.05) is 0 Å². The van der Waals surface area contributed by atoms with Gasteiger partial charge in [-0.2, -0.15) is 17.0 Å². The lowest BCUT2D eigenvalue weighted by Crippen LogP contribution is -2.49. The van der Waals surface area contributed by atoms with E-state index in [0.717, 1.165) is 51.6 Å². The first-order valence-electron chi connectivity index (χ1n) is 7.06. The molecule has 6 heteroatoms. The van der Waals surface area contributed by atoms with Gasteiger partial charge in [0, 0.05) is 26.2 Å². The molecule has 0 spiro atoms. The van der Waals surface area contributed by atoms with E-state index in [1.165, 1.54) is 0 Å². The van der Waals surface area contributed by atoms with Gasteiger partial charge in [0.05, 0.1) is 0 Å². The van der Waals surface area contributed by atoms with Crippen molar-refractivity contribution in [2.24, 2.45) is 0 Å². The second kappa shape index (κ2) is 6.32. The molecule has 2 fully saturated rings. The van der Waals surface area contributed by atoms with Gasteiger partial charge in [0.15, 0.2) is 0 Å². The summed E-state index contributed by atoms with van der Waals surface area (Å²) >= 11 is 0. The third-order valence-electron chi connectivity index (χ3n) is 4.08. The smallest absolute Gasteiger partial charge is 0.281 e. The number of hydrogen-bond donors (Lipinski definition) is 1. The Morgan fingerprint density at radius 1 is 1.06 bits per heavy atom. The maximum atomic E-state index is 12.6. The highest BCUT2D eigenvalue weighted by Crippen LogP contribution is 2.20. The third-order valence-corrected chi connectivity index (χ3v) is 6.12. The molecule has 2 saturated heterocycles. The lowest BCUT2D eigenvalue weighted by molar-refractivity contribution is 0.271. The Bertz CT molecular complexity index is 344. The summed E-state index contributed by atoms with van der Waals surface area (Å²) in [4.78, 5) is 0. The summed E-state index contributed by atoms with van der Waals surface area (Å²) in [5.74, 6) is 0. The van der Waals surface area contributed by atoms with Crippen molar-refractivity contribution in [1.29, 1.82) is 0 Å². The van der Waals surface area contributed by atoms with Crippen LogP contribution in [0.4, 0.5) is 0 Å². The summed E-state index contributed by atoms with van der Waals surface area (Å²) in [5, 5.41) is 3.28. The fourth-order valence-corrected chi connectivity index (χ4v) is 4.48. The molecule has 1 N–H and O–H groups in total. The molecule has 0 unspecified atom stereocenters. The first kappa shape index (κ1) is 14.2. The summed E-state index contributed by atoms with van der Waals surface area (Å²) < 4.78 is 28.4. The van der Waals surface area contributed by atoms with Gasteiger partial charge in [-0.15, -0.1) is 0 Å². The van der Waals surface area contributed by atoms with Crippen molar-refractivity contribution in [3.05, 3.63) is 0 Å². The van der Waals surface area contributed by atoms with Crippen LogP contribution in [0.3, 0.4) is 0 Å². The fourth-order valence-electron chi connectivity index (χ4n) is 2.81. The monoisotopic (exact) mass is 275 g/mol. The van der Waals surface area contributed by atoms with E-state index >= 15 is 0 Å². The van der Waals surface area contributed by atoms with Gasteiger partial charge in [-0.05, 0) is 38.8 Å². The first-order valence-corrected chi connectivity index (χ1v) is 8.46. The van der Waals surface area contributed by atoms with E-state index in [4.69, 9.17) is 0 Å². The average Bonchev–Trinajstić information content (AvgIpc) is 2.68. The van der Waals surface area contributed by atoms with Crippen LogP contribution in [0.15, 0.2) is 0 Å². The molecule has 5 nitrogen and oxygen atoms in total. The van der Waals surface area contributed by atoms with Crippen LogP contribution in [0.25, 0.3) is 0 Å². The van der Waals surface area contributed by atoms with E-state index in [1.54, 1.807) is 15.7 Å². The number of nitrogens with zero attached hydrogens (tertiary/aromatic N) is 2. The number of rotatable bonds is 3. The van der Waals surface area contributed by atoms with E-state index in [2.05, 4.69) is 5.32 Å². The van der Waals surface area contributed by atoms with Gasteiger partial charge in [-0.1, -0.05) is 12.8 Å². The van der Waals surface area contributed by atoms with Crippen LogP contribution in [-0.4, -0.2) is 56.3 Å². The number of hydrogen-bond acceptors (Lipinski definition) is 3. The highest BCUT2D eigenvalue weighted by molar-refractivity contribution is 7.86. The second-order valence-electron chi connectivity index (χ2n) is 5.32. The van der Waals surface area contributed by atoms with Gasteiger partial charge < -0.3 is 5.32 Å². The third kappa shape index (κ3) is 3.23. The van der Waals surface area contributed by atoms with Crippen LogP contribution in [0.5, 0.6) is 0 Å². The molecule has 0 bridgehead atoms. The summed E-state index contributed by atoms with van der Waals surface area (Å²) in [6.07, 6.45) is 6.15. The largest absolute Gasteiger partial charge is 0.317 e. The molecule has 2 aliphatic heterocycles. The summed E-state index contributed by atoms with van der Waals surface area (Å²) in [6.45, 7) is 3.23. The quantitative estimate of drug-likeness (QED) is 0.828. The molecule has 18 heavy (non-hydrogen) atoms. The minimum absolute atomic E-state index is 0.166. The molecule has 2 aliphatic rings. The zero-order valence-electron chi connectivity index (χ0n) is 11.3. The molecule has 0 saturated carbocycles. The van der Waals surface area contributed by atoms with Crippen LogP contribution in [0, 0.1) is 0 Å². The van der Waals surface area contributed by atoms with E-state index in [-0.39, 0.29) is 6.04 Å². The zero-order chi connectivity index (χ0) is 13.0. The van der Waals surface area contributed by atoms with Crippen LogP contribution < -0.4 is 5.32 Å². The van der Waals surface area contributed by atoms with Crippen LogP contribution in [0.1, 0.15) is 38.5 Å². The summed E-state index contributed by atoms with van der Waals surface area (Å²) in [6, 6.07) is 0.166. The van der Waals surface area contributed by atoms with E-state index in [0.29, 0.717) is 13.1 Å². The zero-order valence-corrected chi connectivity index (χ0v) is 12.1. The SMILES string of the molecule is CN(C1CCNCC1)S(=O)(=O)N1CCCCCC1. The van der Waals surface area contributed by atoms with Crippen molar-refractivity contribution in [1.82, 2.24) is 13.9 Å². The highest BCUT2D eigenvalue weighted by atomic mass is 32.2. The molecule has 0 atom stereocenters. The Hall–Kier alpha value is -0.170. The van der Waals surface area contributed by atoms with Crippen molar-refractivity contribution >= 4 is 10.2 Å². The average molecular weight is 275 g/mol. The Morgan fingerprint density at radius 2 is 1.61 bits per heavy atom. The predicted molar refractivity (Wildman–Crippen MR) is 72.6 cm³/mol. The lowest BCUT2D eigenvalue weighted by Gasteiger charge is -2.34.